The van der Waals surface area contributed by atoms with Gasteiger partial charge in [0.25, 0.3) is 5.91 Å². The lowest BCUT2D eigenvalue weighted by Crippen LogP contribution is -2.21. The Hall–Kier alpha value is -2.12. The monoisotopic (exact) mass is 407 g/mol. The molecule has 0 fully saturated rings. The molecule has 2 aromatic heterocycles. The molecule has 0 spiro atoms. The summed E-state index contributed by atoms with van der Waals surface area (Å²) in [7, 11) is -1.23. The van der Waals surface area contributed by atoms with Crippen LogP contribution >= 0.6 is 15.9 Å². The quantitative estimate of drug-likeness (QED) is 0.672. The van der Waals surface area contributed by atoms with Gasteiger partial charge in [-0.2, -0.15) is 0 Å². The number of rotatable bonds is 6. The zero-order chi connectivity index (χ0) is 16.9. The third-order valence-electron chi connectivity index (χ3n) is 3.24. The van der Waals surface area contributed by atoms with Crippen molar-refractivity contribution >= 4 is 32.6 Å². The molecule has 7 heteroatoms. The molecular weight excluding hydrogens is 394 g/mol. The molecule has 0 aliphatic rings. The van der Waals surface area contributed by atoms with E-state index in [9.17, 15) is 9.00 Å². The van der Waals surface area contributed by atoms with Crippen molar-refractivity contribution < 1.29 is 17.8 Å². The summed E-state index contributed by atoms with van der Waals surface area (Å²) in [5.74, 6) is 1.22. The molecule has 3 rings (SSSR count). The Labute approximate surface area is 149 Å². The molecule has 1 aromatic carbocycles. The maximum Gasteiger partial charge on any atom is 0.287 e. The number of carbonyl (C=O) groups excluding carboxylic acids is 1. The summed E-state index contributed by atoms with van der Waals surface area (Å²) >= 11 is 3.34. The number of benzene rings is 1. The van der Waals surface area contributed by atoms with Crippen LogP contribution in [0.4, 0.5) is 0 Å². The molecule has 0 aliphatic carbocycles. The standard InChI is InChI=1S/C17H14BrNO4S/c18-12-3-6-15(7-4-12)24(21)11-14-5-8-16(23-14)17(20)19-10-13-2-1-9-22-13/h1-9H,10-11H2,(H,19,20)/t24-/m1/s1. The average Bonchev–Trinajstić information content (AvgIpc) is 3.25. The molecule has 1 amide bonds. The number of hydrogen-bond donors (Lipinski definition) is 1. The minimum absolute atomic E-state index is 0.185. The van der Waals surface area contributed by atoms with Crippen molar-refractivity contribution in [2.24, 2.45) is 0 Å². The largest absolute Gasteiger partial charge is 0.467 e. The molecule has 5 nitrogen and oxygen atoms in total. The summed E-state index contributed by atoms with van der Waals surface area (Å²) in [6, 6.07) is 14.0. The Morgan fingerprint density at radius 2 is 1.88 bits per heavy atom. The van der Waals surface area contributed by atoms with Crippen LogP contribution in [0.5, 0.6) is 0 Å². The molecule has 0 saturated carbocycles. The first-order valence-electron chi connectivity index (χ1n) is 7.15. The van der Waals surface area contributed by atoms with Crippen LogP contribution in [0.25, 0.3) is 0 Å². The molecule has 1 N–H and O–H groups in total. The van der Waals surface area contributed by atoms with E-state index in [1.54, 1.807) is 42.7 Å². The van der Waals surface area contributed by atoms with Gasteiger partial charge in [-0.15, -0.1) is 0 Å². The Bertz CT molecular complexity index is 840. The highest BCUT2D eigenvalue weighted by atomic mass is 79.9. The van der Waals surface area contributed by atoms with Crippen molar-refractivity contribution in [3.8, 4) is 0 Å². The van der Waals surface area contributed by atoms with Crippen LogP contribution in [0, 0.1) is 0 Å². The summed E-state index contributed by atoms with van der Waals surface area (Å²) < 4.78 is 23.9. The van der Waals surface area contributed by atoms with Gasteiger partial charge >= 0.3 is 0 Å². The van der Waals surface area contributed by atoms with Crippen molar-refractivity contribution in [3.63, 3.8) is 0 Å². The first-order chi connectivity index (χ1) is 11.6. The van der Waals surface area contributed by atoms with Gasteiger partial charge in [-0.3, -0.25) is 9.00 Å². The molecule has 0 aliphatic heterocycles. The Balaban J connectivity index is 1.59. The predicted molar refractivity (Wildman–Crippen MR) is 92.8 cm³/mol. The van der Waals surface area contributed by atoms with Gasteiger partial charge in [0.15, 0.2) is 5.76 Å². The highest BCUT2D eigenvalue weighted by Crippen LogP contribution is 2.17. The Morgan fingerprint density at radius 3 is 2.58 bits per heavy atom. The van der Waals surface area contributed by atoms with Crippen LogP contribution in [-0.2, 0) is 23.1 Å². The highest BCUT2D eigenvalue weighted by Gasteiger charge is 2.14. The van der Waals surface area contributed by atoms with Gasteiger partial charge in [0, 0.05) is 9.37 Å². The first kappa shape index (κ1) is 16.7. The Morgan fingerprint density at radius 1 is 1.08 bits per heavy atom. The van der Waals surface area contributed by atoms with E-state index in [1.807, 2.05) is 12.1 Å². The Kier molecular flexibility index (Phi) is 5.32. The predicted octanol–water partition coefficient (Wildman–Crippen LogP) is 3.87. The minimum atomic E-state index is -1.23. The molecule has 2 heterocycles. The van der Waals surface area contributed by atoms with E-state index in [0.717, 1.165) is 4.47 Å². The number of carbonyl (C=O) groups is 1. The second kappa shape index (κ2) is 7.63. The van der Waals surface area contributed by atoms with Gasteiger partial charge in [0.05, 0.1) is 29.4 Å². The molecule has 0 radical (unpaired) electrons. The smallest absolute Gasteiger partial charge is 0.287 e. The number of furan rings is 2. The van der Waals surface area contributed by atoms with E-state index in [-0.39, 0.29) is 24.0 Å². The van der Waals surface area contributed by atoms with Gasteiger partial charge in [-0.1, -0.05) is 15.9 Å². The zero-order valence-electron chi connectivity index (χ0n) is 12.5. The van der Waals surface area contributed by atoms with Crippen molar-refractivity contribution in [2.45, 2.75) is 17.2 Å². The van der Waals surface area contributed by atoms with Crippen LogP contribution in [0.1, 0.15) is 22.1 Å². The van der Waals surface area contributed by atoms with E-state index in [4.69, 9.17) is 8.83 Å². The molecule has 0 unspecified atom stereocenters. The summed E-state index contributed by atoms with van der Waals surface area (Å²) in [6.45, 7) is 0.284. The third-order valence-corrected chi connectivity index (χ3v) is 5.11. The number of nitrogens with one attached hydrogen (secondary N) is 1. The van der Waals surface area contributed by atoms with E-state index < -0.39 is 10.8 Å². The van der Waals surface area contributed by atoms with Gasteiger partial charge in [-0.25, -0.2) is 0 Å². The number of hydrogen-bond acceptors (Lipinski definition) is 4. The van der Waals surface area contributed by atoms with Crippen molar-refractivity contribution in [3.05, 3.63) is 76.5 Å². The summed E-state index contributed by atoms with van der Waals surface area (Å²) in [6.07, 6.45) is 1.55. The van der Waals surface area contributed by atoms with Gasteiger partial charge < -0.3 is 14.2 Å². The molecule has 0 bridgehead atoms. The summed E-state index contributed by atoms with van der Waals surface area (Å²) in [5, 5.41) is 2.70. The lowest BCUT2D eigenvalue weighted by molar-refractivity contribution is 0.0919. The second-order valence-electron chi connectivity index (χ2n) is 4.97. The zero-order valence-corrected chi connectivity index (χ0v) is 14.9. The summed E-state index contributed by atoms with van der Waals surface area (Å²) in [4.78, 5) is 12.7. The van der Waals surface area contributed by atoms with E-state index in [0.29, 0.717) is 16.4 Å². The fourth-order valence-electron chi connectivity index (χ4n) is 2.04. The molecular formula is C17H14BrNO4S. The fraction of sp³-hybridized carbons (Fsp3) is 0.118. The van der Waals surface area contributed by atoms with E-state index in [2.05, 4.69) is 21.2 Å². The van der Waals surface area contributed by atoms with Crippen LogP contribution in [0.15, 0.2) is 73.0 Å². The van der Waals surface area contributed by atoms with E-state index in [1.165, 1.54) is 0 Å². The summed E-state index contributed by atoms with van der Waals surface area (Å²) in [5.41, 5.74) is 0. The minimum Gasteiger partial charge on any atom is -0.467 e. The number of amides is 1. The SMILES string of the molecule is O=C(NCc1ccco1)c1ccc(C[S@@](=O)c2ccc(Br)cc2)o1. The third kappa shape index (κ3) is 4.24. The lowest BCUT2D eigenvalue weighted by atomic mass is 10.4. The maximum atomic E-state index is 12.3. The molecule has 0 saturated heterocycles. The van der Waals surface area contributed by atoms with Crippen LogP contribution < -0.4 is 5.32 Å². The maximum absolute atomic E-state index is 12.3. The second-order valence-corrected chi connectivity index (χ2v) is 7.34. The first-order valence-corrected chi connectivity index (χ1v) is 9.26. The molecule has 1 atom stereocenters. The highest BCUT2D eigenvalue weighted by molar-refractivity contribution is 9.10. The molecule has 124 valence electrons. The van der Waals surface area contributed by atoms with Crippen molar-refractivity contribution in [2.75, 3.05) is 0 Å². The topological polar surface area (TPSA) is 72.5 Å². The molecule has 24 heavy (non-hydrogen) atoms. The van der Waals surface area contributed by atoms with E-state index >= 15 is 0 Å². The van der Waals surface area contributed by atoms with Crippen LogP contribution in [0.3, 0.4) is 0 Å². The van der Waals surface area contributed by atoms with Crippen LogP contribution in [0.2, 0.25) is 0 Å². The fourth-order valence-corrected chi connectivity index (χ4v) is 3.33. The van der Waals surface area contributed by atoms with Crippen LogP contribution in [-0.4, -0.2) is 10.1 Å². The van der Waals surface area contributed by atoms with Crippen molar-refractivity contribution in [1.29, 1.82) is 0 Å². The number of halogens is 1. The van der Waals surface area contributed by atoms with Crippen molar-refractivity contribution in [1.82, 2.24) is 5.32 Å². The lowest BCUT2D eigenvalue weighted by Gasteiger charge is -2.01. The normalized spacial score (nSPS) is 12.0. The molecule has 3 aromatic rings. The average molecular weight is 408 g/mol. The van der Waals surface area contributed by atoms with Gasteiger partial charge in [0.2, 0.25) is 0 Å². The van der Waals surface area contributed by atoms with Gasteiger partial charge in [-0.05, 0) is 48.5 Å². The van der Waals surface area contributed by atoms with Gasteiger partial charge in [0.1, 0.15) is 11.5 Å².